The number of aromatic nitrogens is 1. The zero-order valence-corrected chi connectivity index (χ0v) is 17.0. The maximum Gasteiger partial charge on any atom is 0.210 e. The van der Waals surface area contributed by atoms with Crippen molar-refractivity contribution < 1.29 is 0 Å². The fourth-order valence-corrected chi connectivity index (χ4v) is 3.63. The zero-order valence-electron chi connectivity index (χ0n) is 13.8. The number of hydrogen-bond donors (Lipinski definition) is 1. The van der Waals surface area contributed by atoms with Gasteiger partial charge in [0.1, 0.15) is 5.84 Å². The number of amidine groups is 2. The van der Waals surface area contributed by atoms with Crippen LogP contribution in [0.5, 0.6) is 0 Å². The third kappa shape index (κ3) is 3.38. The number of rotatable bonds is 2. The molecule has 0 radical (unpaired) electrons. The fourth-order valence-electron chi connectivity index (χ4n) is 2.65. The molecule has 26 heavy (non-hydrogen) atoms. The van der Waals surface area contributed by atoms with Gasteiger partial charge in [-0.25, -0.2) is 4.99 Å². The zero-order chi connectivity index (χ0) is 17.4. The van der Waals surface area contributed by atoms with Crippen molar-refractivity contribution in [1.82, 2.24) is 4.57 Å². The maximum atomic E-state index is 5.96. The summed E-state index contributed by atoms with van der Waals surface area (Å²) in [4.78, 5) is 5.08. The van der Waals surface area contributed by atoms with Crippen molar-refractivity contribution in [1.29, 1.82) is 0 Å². The van der Waals surface area contributed by atoms with E-state index in [9.17, 15) is 0 Å². The van der Waals surface area contributed by atoms with E-state index in [0.29, 0.717) is 16.7 Å². The molecule has 2 aromatic carbocycles. The van der Waals surface area contributed by atoms with E-state index in [1.807, 2.05) is 65.5 Å². The molecule has 2 heterocycles. The Morgan fingerprint density at radius 2 is 1.73 bits per heavy atom. The summed E-state index contributed by atoms with van der Waals surface area (Å²) in [7, 11) is 1.96. The van der Waals surface area contributed by atoms with Gasteiger partial charge in [0.15, 0.2) is 5.84 Å². The van der Waals surface area contributed by atoms with Crippen LogP contribution in [-0.4, -0.2) is 16.2 Å². The summed E-state index contributed by atoms with van der Waals surface area (Å²) in [6.45, 7) is 0. The molecule has 2 N–H and O–H groups in total. The van der Waals surface area contributed by atoms with E-state index >= 15 is 0 Å². The van der Waals surface area contributed by atoms with Gasteiger partial charge in [-0.05, 0) is 17.7 Å². The topological polar surface area (TPSA) is 68.0 Å². The van der Waals surface area contributed by atoms with Crippen LogP contribution >= 0.6 is 39.9 Å². The van der Waals surface area contributed by atoms with Crippen LogP contribution in [0.1, 0.15) is 11.1 Å². The number of nitrogens with two attached hydrogens (primary N) is 1. The van der Waals surface area contributed by atoms with Crippen molar-refractivity contribution in [3.8, 4) is 11.3 Å². The second-order valence-electron chi connectivity index (χ2n) is 5.54. The fraction of sp³-hybridized carbons (Fsp3) is 0.0556. The average molecular weight is 449 g/mol. The summed E-state index contributed by atoms with van der Waals surface area (Å²) in [6.07, 6.45) is 0. The highest BCUT2D eigenvalue weighted by Gasteiger charge is 2.18. The highest BCUT2D eigenvalue weighted by Crippen LogP contribution is 2.21. The van der Waals surface area contributed by atoms with Crippen molar-refractivity contribution in [2.75, 3.05) is 0 Å². The quantitative estimate of drug-likeness (QED) is 0.592. The molecule has 1 aromatic heterocycles. The smallest absolute Gasteiger partial charge is 0.210 e. The Bertz CT molecular complexity index is 1080. The van der Waals surface area contributed by atoms with Crippen LogP contribution in [0, 0.1) is 0 Å². The minimum absolute atomic E-state index is 0. The SMILES string of the molecule is Br.Cn1c(-c2ccc(Cl)cc2)cs/c1=N\N=C1/N=C(N)c2ccccc21. The van der Waals surface area contributed by atoms with Crippen LogP contribution in [0.3, 0.4) is 0 Å². The minimum atomic E-state index is 0. The predicted octanol–water partition coefficient (Wildman–Crippen LogP) is 3.97. The summed E-state index contributed by atoms with van der Waals surface area (Å²) >= 11 is 7.47. The van der Waals surface area contributed by atoms with Crippen molar-refractivity contribution in [3.05, 3.63) is 74.9 Å². The second-order valence-corrected chi connectivity index (χ2v) is 6.81. The van der Waals surface area contributed by atoms with Crippen LogP contribution in [0.25, 0.3) is 11.3 Å². The first kappa shape index (κ1) is 18.6. The van der Waals surface area contributed by atoms with Gasteiger partial charge in [0.05, 0.1) is 5.69 Å². The molecule has 0 fully saturated rings. The van der Waals surface area contributed by atoms with Crippen LogP contribution in [-0.2, 0) is 7.05 Å². The number of halogens is 2. The van der Waals surface area contributed by atoms with E-state index in [-0.39, 0.29) is 17.0 Å². The average Bonchev–Trinajstić information content (AvgIpc) is 3.15. The van der Waals surface area contributed by atoms with Gasteiger partial charge < -0.3 is 10.3 Å². The molecular weight excluding hydrogens is 434 g/mol. The van der Waals surface area contributed by atoms with E-state index in [1.165, 1.54) is 11.3 Å². The highest BCUT2D eigenvalue weighted by atomic mass is 79.9. The van der Waals surface area contributed by atoms with E-state index < -0.39 is 0 Å². The summed E-state index contributed by atoms with van der Waals surface area (Å²) in [6, 6.07) is 15.5. The van der Waals surface area contributed by atoms with Crippen LogP contribution in [0.15, 0.2) is 69.1 Å². The molecule has 0 aliphatic carbocycles. The first-order valence-electron chi connectivity index (χ1n) is 7.59. The molecule has 0 saturated carbocycles. The molecule has 5 nitrogen and oxygen atoms in total. The van der Waals surface area contributed by atoms with E-state index in [2.05, 4.69) is 15.2 Å². The largest absolute Gasteiger partial charge is 0.383 e. The molecule has 0 saturated heterocycles. The van der Waals surface area contributed by atoms with Crippen molar-refractivity contribution in [2.24, 2.45) is 28.0 Å². The van der Waals surface area contributed by atoms with Crippen LogP contribution in [0.4, 0.5) is 0 Å². The van der Waals surface area contributed by atoms with E-state index in [0.717, 1.165) is 27.2 Å². The molecule has 8 heteroatoms. The second kappa shape index (κ2) is 7.57. The van der Waals surface area contributed by atoms with Gasteiger partial charge in [0, 0.05) is 28.6 Å². The summed E-state index contributed by atoms with van der Waals surface area (Å²) < 4.78 is 1.99. The monoisotopic (exact) mass is 447 g/mol. The lowest BCUT2D eigenvalue weighted by molar-refractivity contribution is 0.862. The highest BCUT2D eigenvalue weighted by molar-refractivity contribution is 8.93. The number of aliphatic imine (C=N–C) groups is 1. The lowest BCUT2D eigenvalue weighted by Gasteiger charge is -2.02. The molecular formula is C18H15BrClN5S. The third-order valence-electron chi connectivity index (χ3n) is 3.96. The molecule has 0 bridgehead atoms. The van der Waals surface area contributed by atoms with Gasteiger partial charge in [0.25, 0.3) is 0 Å². The molecule has 0 unspecified atom stereocenters. The Balaban J connectivity index is 0.00000196. The minimum Gasteiger partial charge on any atom is -0.383 e. The first-order valence-corrected chi connectivity index (χ1v) is 8.85. The Morgan fingerprint density at radius 1 is 1.04 bits per heavy atom. The molecule has 4 rings (SSSR count). The van der Waals surface area contributed by atoms with Gasteiger partial charge in [-0.2, -0.15) is 0 Å². The van der Waals surface area contributed by atoms with Crippen molar-refractivity contribution >= 4 is 51.6 Å². The Hall–Kier alpha value is -2.22. The molecule has 0 atom stereocenters. The van der Waals surface area contributed by atoms with Gasteiger partial charge in [-0.1, -0.05) is 48.0 Å². The molecule has 1 aliphatic rings. The molecule has 3 aromatic rings. The molecule has 132 valence electrons. The standard InChI is InChI=1S/C18H14ClN5S.BrH/c1-24-15(11-6-8-12(19)9-7-11)10-25-18(24)23-22-17-14-5-3-2-4-13(14)16(20)21-17;/h2-10H,1H3,(H2,20,21,22);1H/b23-18-;. The van der Waals surface area contributed by atoms with Crippen LogP contribution in [0.2, 0.25) is 5.02 Å². The van der Waals surface area contributed by atoms with Gasteiger partial charge >= 0.3 is 0 Å². The van der Waals surface area contributed by atoms with Gasteiger partial charge in [-0.15, -0.1) is 38.5 Å². The Labute approximate surface area is 170 Å². The van der Waals surface area contributed by atoms with Crippen molar-refractivity contribution in [2.45, 2.75) is 0 Å². The molecule has 0 spiro atoms. The normalized spacial score (nSPS) is 14.9. The van der Waals surface area contributed by atoms with Gasteiger partial charge in [-0.3, -0.25) is 0 Å². The number of nitrogens with zero attached hydrogens (tertiary/aromatic N) is 4. The van der Waals surface area contributed by atoms with Crippen LogP contribution < -0.4 is 10.5 Å². The number of benzene rings is 2. The molecule has 0 amide bonds. The lowest BCUT2D eigenvalue weighted by atomic mass is 10.1. The summed E-state index contributed by atoms with van der Waals surface area (Å²) in [5.41, 5.74) is 9.87. The predicted molar refractivity (Wildman–Crippen MR) is 113 cm³/mol. The first-order chi connectivity index (χ1) is 12.1. The van der Waals surface area contributed by atoms with E-state index in [1.54, 1.807) is 0 Å². The van der Waals surface area contributed by atoms with Crippen molar-refractivity contribution in [3.63, 3.8) is 0 Å². The Kier molecular flexibility index (Phi) is 5.41. The van der Waals surface area contributed by atoms with Gasteiger partial charge in [0.2, 0.25) is 4.80 Å². The number of fused-ring (bicyclic) bond motifs is 1. The summed E-state index contributed by atoms with van der Waals surface area (Å²) in [5, 5.41) is 11.4. The number of thiazole rings is 1. The lowest BCUT2D eigenvalue weighted by Crippen LogP contribution is -2.11. The molecule has 1 aliphatic heterocycles. The maximum absolute atomic E-state index is 5.96. The third-order valence-corrected chi connectivity index (χ3v) is 5.12. The van der Waals surface area contributed by atoms with E-state index in [4.69, 9.17) is 17.3 Å². The Morgan fingerprint density at radius 3 is 2.46 bits per heavy atom. The summed E-state index contributed by atoms with van der Waals surface area (Å²) in [5.74, 6) is 1.01. The number of hydrogen-bond acceptors (Lipinski definition) is 4.